The number of nitrogens with one attached hydrogen (secondary N) is 1. The van der Waals surface area contributed by atoms with Gasteiger partial charge in [0, 0.05) is 18.9 Å². The molecule has 0 aliphatic rings. The maximum Gasteiger partial charge on any atom is 0.573 e. The summed E-state index contributed by atoms with van der Waals surface area (Å²) in [6, 6.07) is 7.75. The van der Waals surface area contributed by atoms with Gasteiger partial charge >= 0.3 is 12.4 Å². The number of tetrazole rings is 1. The van der Waals surface area contributed by atoms with E-state index in [1.54, 1.807) is 18.3 Å². The molecule has 12 heteroatoms. The van der Waals surface area contributed by atoms with E-state index in [4.69, 9.17) is 0 Å². The van der Waals surface area contributed by atoms with Crippen LogP contribution in [0.4, 0.5) is 29.5 Å². The van der Waals surface area contributed by atoms with Crippen molar-refractivity contribution in [2.45, 2.75) is 12.9 Å². The molecule has 28 heavy (non-hydrogen) atoms. The first-order valence-electron chi connectivity index (χ1n) is 7.86. The van der Waals surface area contributed by atoms with Gasteiger partial charge in [0.2, 0.25) is 0 Å². The van der Waals surface area contributed by atoms with E-state index in [9.17, 15) is 18.0 Å². The summed E-state index contributed by atoms with van der Waals surface area (Å²) in [5.41, 5.74) is 1.13. The van der Waals surface area contributed by atoms with Gasteiger partial charge in [-0.1, -0.05) is 0 Å². The van der Waals surface area contributed by atoms with E-state index >= 15 is 0 Å². The molecule has 0 bridgehead atoms. The molecule has 0 aliphatic heterocycles. The van der Waals surface area contributed by atoms with Gasteiger partial charge in [-0.15, -0.1) is 18.3 Å². The predicted octanol–water partition coefficient (Wildman–Crippen LogP) is 2.68. The summed E-state index contributed by atoms with van der Waals surface area (Å²) in [6.07, 6.45) is -1.77. The molecule has 146 valence electrons. The highest BCUT2D eigenvalue weighted by Crippen LogP contribution is 2.24. The zero-order chi connectivity index (χ0) is 20.1. The van der Waals surface area contributed by atoms with E-state index in [2.05, 4.69) is 30.6 Å². The number of ether oxygens (including phenoxy) is 1. The van der Waals surface area contributed by atoms with Crippen molar-refractivity contribution in [3.63, 3.8) is 0 Å². The number of aromatic nitrogens is 5. The molecule has 0 spiro atoms. The first-order chi connectivity index (χ1) is 13.3. The first-order valence-corrected chi connectivity index (χ1v) is 7.86. The van der Waals surface area contributed by atoms with Gasteiger partial charge in [0.05, 0.1) is 6.54 Å². The lowest BCUT2D eigenvalue weighted by atomic mass is 10.2. The molecular formula is C16H14F3N7O2. The van der Waals surface area contributed by atoms with E-state index in [0.29, 0.717) is 18.1 Å². The van der Waals surface area contributed by atoms with Crippen LogP contribution in [0.25, 0.3) is 0 Å². The van der Waals surface area contributed by atoms with Crippen molar-refractivity contribution in [2.75, 3.05) is 17.3 Å². The number of alkyl halides is 3. The van der Waals surface area contributed by atoms with Gasteiger partial charge in [-0.3, -0.25) is 4.90 Å². The molecule has 3 rings (SSSR count). The fourth-order valence-electron chi connectivity index (χ4n) is 2.23. The molecule has 0 atom stereocenters. The number of benzene rings is 1. The monoisotopic (exact) mass is 393 g/mol. The minimum Gasteiger partial charge on any atom is -0.406 e. The Kier molecular flexibility index (Phi) is 5.38. The summed E-state index contributed by atoms with van der Waals surface area (Å²) in [5.74, 6) is -0.00378. The maximum absolute atomic E-state index is 12.4. The molecule has 3 aromatic rings. The summed E-state index contributed by atoms with van der Waals surface area (Å²) >= 11 is 0. The van der Waals surface area contributed by atoms with Crippen molar-refractivity contribution in [1.29, 1.82) is 0 Å². The second-order valence-corrected chi connectivity index (χ2v) is 5.59. The Labute approximate surface area is 156 Å². The van der Waals surface area contributed by atoms with Crippen molar-refractivity contribution in [2.24, 2.45) is 0 Å². The topological polar surface area (TPSA) is 98.1 Å². The van der Waals surface area contributed by atoms with Crippen LogP contribution in [-0.2, 0) is 6.54 Å². The number of urea groups is 1. The smallest absolute Gasteiger partial charge is 0.406 e. The fraction of sp³-hybridized carbons (Fsp3) is 0.188. The molecule has 0 unspecified atom stereocenters. The SMILES string of the molecule is CN(C(=O)Nc1ccc(OC(F)(F)F)cc1)c1cc(Cn2cnnn2)ccn1. The Morgan fingerprint density at radius 1 is 1.25 bits per heavy atom. The number of hydrogen-bond donors (Lipinski definition) is 1. The van der Waals surface area contributed by atoms with Crippen LogP contribution in [0, 0.1) is 0 Å². The van der Waals surface area contributed by atoms with Crippen LogP contribution in [0.5, 0.6) is 5.75 Å². The van der Waals surface area contributed by atoms with Crippen molar-refractivity contribution in [3.05, 3.63) is 54.5 Å². The zero-order valence-corrected chi connectivity index (χ0v) is 14.5. The lowest BCUT2D eigenvalue weighted by Gasteiger charge is -2.18. The van der Waals surface area contributed by atoms with Gasteiger partial charge in [0.25, 0.3) is 0 Å². The van der Waals surface area contributed by atoms with Gasteiger partial charge in [0.1, 0.15) is 17.9 Å². The number of carbonyl (C=O) groups excluding carboxylic acids is 1. The largest absolute Gasteiger partial charge is 0.573 e. The lowest BCUT2D eigenvalue weighted by molar-refractivity contribution is -0.274. The number of pyridine rings is 1. The van der Waals surface area contributed by atoms with E-state index < -0.39 is 12.4 Å². The third-order valence-corrected chi connectivity index (χ3v) is 3.53. The van der Waals surface area contributed by atoms with E-state index in [1.807, 2.05) is 0 Å². The molecule has 2 heterocycles. The first kappa shape index (κ1) is 19.1. The predicted molar refractivity (Wildman–Crippen MR) is 91.7 cm³/mol. The average molecular weight is 393 g/mol. The number of halogens is 3. The molecule has 0 fully saturated rings. The Hall–Kier alpha value is -3.70. The van der Waals surface area contributed by atoms with Gasteiger partial charge in [-0.05, 0) is 52.4 Å². The fourth-order valence-corrected chi connectivity index (χ4v) is 2.23. The molecule has 0 aliphatic carbocycles. The Bertz CT molecular complexity index is 930. The summed E-state index contributed by atoms with van der Waals surface area (Å²) < 4.78 is 41.8. The molecular weight excluding hydrogens is 379 g/mol. The van der Waals surface area contributed by atoms with Crippen molar-refractivity contribution in [1.82, 2.24) is 25.2 Å². The van der Waals surface area contributed by atoms with Crippen molar-refractivity contribution in [3.8, 4) is 5.75 Å². The number of anilines is 2. The molecule has 0 radical (unpaired) electrons. The lowest BCUT2D eigenvalue weighted by Crippen LogP contribution is -2.31. The number of amides is 2. The van der Waals surface area contributed by atoms with Crippen LogP contribution in [0.2, 0.25) is 0 Å². The third-order valence-electron chi connectivity index (χ3n) is 3.53. The Morgan fingerprint density at radius 2 is 2.00 bits per heavy atom. The van der Waals surface area contributed by atoms with E-state index in [0.717, 1.165) is 17.7 Å². The molecule has 0 saturated heterocycles. The van der Waals surface area contributed by atoms with Crippen molar-refractivity contribution >= 4 is 17.5 Å². The van der Waals surface area contributed by atoms with Crippen LogP contribution in [-0.4, -0.2) is 44.6 Å². The van der Waals surface area contributed by atoms with Crippen LogP contribution >= 0.6 is 0 Å². The summed E-state index contributed by atoms with van der Waals surface area (Å²) in [7, 11) is 1.51. The van der Waals surface area contributed by atoms with Gasteiger partial charge < -0.3 is 10.1 Å². The zero-order valence-electron chi connectivity index (χ0n) is 14.5. The number of hydrogen-bond acceptors (Lipinski definition) is 6. The number of rotatable bonds is 5. The maximum atomic E-state index is 12.4. The summed E-state index contributed by atoms with van der Waals surface area (Å²) in [4.78, 5) is 17.8. The Balaban J connectivity index is 1.64. The number of nitrogens with zero attached hydrogens (tertiary/aromatic N) is 6. The molecule has 1 aromatic carbocycles. The van der Waals surface area contributed by atoms with Gasteiger partial charge in [-0.25, -0.2) is 14.5 Å². The van der Waals surface area contributed by atoms with Crippen LogP contribution in [0.1, 0.15) is 5.56 Å². The quantitative estimate of drug-likeness (QED) is 0.716. The van der Waals surface area contributed by atoms with Gasteiger partial charge in [-0.2, -0.15) is 0 Å². The minimum absolute atomic E-state index is 0.302. The van der Waals surface area contributed by atoms with Gasteiger partial charge in [0.15, 0.2) is 0 Å². The van der Waals surface area contributed by atoms with E-state index in [-0.39, 0.29) is 5.75 Å². The van der Waals surface area contributed by atoms with Crippen molar-refractivity contribution < 1.29 is 22.7 Å². The minimum atomic E-state index is -4.77. The summed E-state index contributed by atoms with van der Waals surface area (Å²) in [5, 5.41) is 13.4. The second-order valence-electron chi connectivity index (χ2n) is 5.59. The highest BCUT2D eigenvalue weighted by atomic mass is 19.4. The van der Waals surface area contributed by atoms with Crippen LogP contribution in [0.15, 0.2) is 48.9 Å². The molecule has 2 aromatic heterocycles. The van der Waals surface area contributed by atoms with Crippen LogP contribution < -0.4 is 15.0 Å². The second kappa shape index (κ2) is 7.90. The summed E-state index contributed by atoms with van der Waals surface area (Å²) in [6.45, 7) is 0.401. The van der Waals surface area contributed by atoms with Crippen LogP contribution in [0.3, 0.4) is 0 Å². The van der Waals surface area contributed by atoms with E-state index in [1.165, 1.54) is 35.1 Å². The normalized spacial score (nSPS) is 11.1. The molecule has 1 N–H and O–H groups in total. The molecule has 9 nitrogen and oxygen atoms in total. The average Bonchev–Trinajstić information content (AvgIpc) is 3.14. The molecule has 2 amide bonds. The third kappa shape index (κ3) is 5.16. The standard InChI is InChI=1S/C16H14F3N7O2/c1-25(14-8-11(6-7-20-14)9-26-10-21-23-24-26)15(27)22-12-2-4-13(5-3-12)28-16(17,18)19/h2-8,10H,9H2,1H3,(H,22,27). The highest BCUT2D eigenvalue weighted by Gasteiger charge is 2.31. The number of carbonyl (C=O) groups is 1. The highest BCUT2D eigenvalue weighted by molar-refractivity contribution is 6.00. The molecule has 0 saturated carbocycles. The Morgan fingerprint density at radius 3 is 2.64 bits per heavy atom.